The van der Waals surface area contributed by atoms with Crippen molar-refractivity contribution in [3.63, 3.8) is 0 Å². The van der Waals surface area contributed by atoms with Crippen molar-refractivity contribution in [2.45, 2.75) is 199 Å². The number of hydrogen-bond donors (Lipinski definition) is 3. The summed E-state index contributed by atoms with van der Waals surface area (Å²) in [6.07, 6.45) is 34.7. The van der Waals surface area contributed by atoms with Crippen molar-refractivity contribution in [2.24, 2.45) is 0 Å². The summed E-state index contributed by atoms with van der Waals surface area (Å²) >= 11 is 4.38. The lowest BCUT2D eigenvalue weighted by Gasteiger charge is -2.27. The maximum absolute atomic E-state index is 10.6. The molecule has 39 heavy (non-hydrogen) atoms. The van der Waals surface area contributed by atoms with Crippen molar-refractivity contribution in [3.05, 3.63) is 0 Å². The molecule has 0 aromatic heterocycles. The molecule has 0 aliphatic rings. The maximum Gasteiger partial charge on any atom is 0.0667 e. The Hall–Kier alpha value is 0.230. The first-order valence-corrected chi connectivity index (χ1v) is 18.5. The second-order valence-electron chi connectivity index (χ2n) is 12.5. The Kier molecular flexibility index (Phi) is 32.9. The highest BCUT2D eigenvalue weighted by atomic mass is 32.1. The molecule has 3 nitrogen and oxygen atoms in total. The molecule has 2 N–H and O–H groups in total. The second-order valence-corrected chi connectivity index (χ2v) is 12.9. The predicted octanol–water partition coefficient (Wildman–Crippen LogP) is 10.5. The molecule has 0 aromatic rings. The number of aliphatic hydroxyl groups is 2. The van der Waals surface area contributed by atoms with Crippen LogP contribution in [0.3, 0.4) is 0 Å². The Bertz CT molecular complexity index is 414. The lowest BCUT2D eigenvalue weighted by molar-refractivity contribution is 0.0607. The zero-order valence-corrected chi connectivity index (χ0v) is 27.8. The Morgan fingerprint density at radius 2 is 0.718 bits per heavy atom. The van der Waals surface area contributed by atoms with Crippen LogP contribution in [0.15, 0.2) is 0 Å². The van der Waals surface area contributed by atoms with Crippen LogP contribution < -0.4 is 0 Å². The van der Waals surface area contributed by atoms with Gasteiger partial charge in [-0.1, -0.05) is 168 Å². The van der Waals surface area contributed by atoms with E-state index in [1.165, 1.54) is 141 Å². The molecule has 0 saturated carbocycles. The molecule has 2 atom stereocenters. The quantitative estimate of drug-likeness (QED) is 0.0542. The molecule has 236 valence electrons. The van der Waals surface area contributed by atoms with Crippen LogP contribution in [0.5, 0.6) is 0 Å². The minimum absolute atomic E-state index is 0.271. The molecule has 2 unspecified atom stereocenters. The van der Waals surface area contributed by atoms with Gasteiger partial charge in [0.05, 0.1) is 12.2 Å². The van der Waals surface area contributed by atoms with E-state index in [9.17, 15) is 10.2 Å². The zero-order valence-electron chi connectivity index (χ0n) is 26.9. The molecule has 0 aliphatic heterocycles. The number of thiol groups is 1. The van der Waals surface area contributed by atoms with Gasteiger partial charge in [0.2, 0.25) is 0 Å². The highest BCUT2D eigenvalue weighted by molar-refractivity contribution is 7.80. The zero-order chi connectivity index (χ0) is 28.7. The van der Waals surface area contributed by atoms with Gasteiger partial charge in [0.1, 0.15) is 0 Å². The minimum Gasteiger partial charge on any atom is -0.392 e. The van der Waals surface area contributed by atoms with Crippen LogP contribution >= 0.6 is 12.6 Å². The van der Waals surface area contributed by atoms with Crippen LogP contribution in [-0.4, -0.2) is 52.7 Å². The van der Waals surface area contributed by atoms with Gasteiger partial charge in [-0.05, 0) is 31.6 Å². The highest BCUT2D eigenvalue weighted by Gasteiger charge is 2.15. The molecule has 0 fully saturated rings. The summed E-state index contributed by atoms with van der Waals surface area (Å²) in [6.45, 7) is 6.88. The first-order chi connectivity index (χ1) is 19.1. The van der Waals surface area contributed by atoms with Gasteiger partial charge in [0.25, 0.3) is 0 Å². The van der Waals surface area contributed by atoms with Crippen molar-refractivity contribution < 1.29 is 10.2 Å². The van der Waals surface area contributed by atoms with Gasteiger partial charge >= 0.3 is 0 Å². The van der Waals surface area contributed by atoms with Crippen molar-refractivity contribution in [1.82, 2.24) is 4.90 Å². The first kappa shape index (κ1) is 39.2. The van der Waals surface area contributed by atoms with E-state index in [1.807, 2.05) is 0 Å². The Balaban J connectivity index is 3.76. The van der Waals surface area contributed by atoms with Crippen molar-refractivity contribution in [1.29, 1.82) is 0 Å². The minimum atomic E-state index is -0.271. The summed E-state index contributed by atoms with van der Waals surface area (Å²) < 4.78 is 0. The lowest BCUT2D eigenvalue weighted by Crippen LogP contribution is -2.38. The number of unbranched alkanes of at least 4 members (excludes halogenated alkanes) is 22. The maximum atomic E-state index is 10.6. The molecule has 0 aliphatic carbocycles. The van der Waals surface area contributed by atoms with E-state index < -0.39 is 0 Å². The molecule has 0 spiro atoms. The van der Waals surface area contributed by atoms with E-state index in [2.05, 4.69) is 31.4 Å². The fourth-order valence-electron chi connectivity index (χ4n) is 5.77. The number of hydrogen-bond acceptors (Lipinski definition) is 4. The molecule has 0 radical (unpaired) electrons. The summed E-state index contributed by atoms with van der Waals surface area (Å²) in [7, 11) is 0. The molecule has 0 aromatic carbocycles. The van der Waals surface area contributed by atoms with E-state index in [0.717, 1.165) is 44.4 Å². The van der Waals surface area contributed by atoms with Gasteiger partial charge < -0.3 is 10.2 Å². The normalized spacial score (nSPS) is 13.4. The van der Waals surface area contributed by atoms with Crippen LogP contribution in [0.2, 0.25) is 0 Å². The van der Waals surface area contributed by atoms with E-state index >= 15 is 0 Å². The number of rotatable bonds is 33. The molecular weight excluding hydrogens is 498 g/mol. The molecule has 0 bridgehead atoms. The first-order valence-electron chi connectivity index (χ1n) is 17.8. The van der Waals surface area contributed by atoms with E-state index in [-0.39, 0.29) is 12.2 Å². The fourth-order valence-corrected chi connectivity index (χ4v) is 5.91. The standard InChI is InChI=1S/C35H73NO2S/c1-3-5-7-9-11-13-15-17-19-21-23-25-28-34(37)32-36(30-27-31-39)33-35(38)29-26-24-22-20-18-16-14-12-10-8-6-4-2/h34-35,37-39H,3-33H2,1-2H3. The third-order valence-corrected chi connectivity index (χ3v) is 8.67. The molecule has 0 saturated heterocycles. The van der Waals surface area contributed by atoms with Crippen LogP contribution in [0.1, 0.15) is 187 Å². The fraction of sp³-hybridized carbons (Fsp3) is 1.00. The van der Waals surface area contributed by atoms with Crippen molar-refractivity contribution in [3.8, 4) is 0 Å². The van der Waals surface area contributed by atoms with Gasteiger partial charge in [-0.25, -0.2) is 0 Å². The summed E-state index contributed by atoms with van der Waals surface area (Å²) in [5.74, 6) is 0.861. The largest absolute Gasteiger partial charge is 0.392 e. The van der Waals surface area contributed by atoms with Crippen molar-refractivity contribution >= 4 is 12.6 Å². The number of nitrogens with zero attached hydrogens (tertiary/aromatic N) is 1. The Morgan fingerprint density at radius 3 is 1.00 bits per heavy atom. The van der Waals surface area contributed by atoms with Gasteiger partial charge in [0, 0.05) is 13.1 Å². The molecule has 4 heteroatoms. The lowest BCUT2D eigenvalue weighted by atomic mass is 10.0. The molecule has 0 rings (SSSR count). The Morgan fingerprint density at radius 1 is 0.436 bits per heavy atom. The van der Waals surface area contributed by atoms with Gasteiger partial charge in [0.15, 0.2) is 0 Å². The van der Waals surface area contributed by atoms with Gasteiger partial charge in [-0.2, -0.15) is 12.6 Å². The SMILES string of the molecule is CCCCCCCCCCCCCCC(O)CN(CCCS)CC(O)CCCCCCCCCCCCCC. The molecular formula is C35H73NO2S. The summed E-state index contributed by atoms with van der Waals surface area (Å²) in [6, 6.07) is 0. The summed E-state index contributed by atoms with van der Waals surface area (Å²) in [5.41, 5.74) is 0. The highest BCUT2D eigenvalue weighted by Crippen LogP contribution is 2.15. The number of aliphatic hydroxyl groups excluding tert-OH is 2. The average molecular weight is 572 g/mol. The smallest absolute Gasteiger partial charge is 0.0667 e. The molecule has 0 heterocycles. The van der Waals surface area contributed by atoms with Gasteiger partial charge in [-0.15, -0.1) is 0 Å². The van der Waals surface area contributed by atoms with E-state index in [1.54, 1.807) is 0 Å². The predicted molar refractivity (Wildman–Crippen MR) is 178 cm³/mol. The molecule has 0 amide bonds. The van der Waals surface area contributed by atoms with Crippen molar-refractivity contribution in [2.75, 3.05) is 25.4 Å². The Labute approximate surface area is 252 Å². The average Bonchev–Trinajstić information content (AvgIpc) is 2.93. The topological polar surface area (TPSA) is 43.7 Å². The van der Waals surface area contributed by atoms with Crippen LogP contribution in [0.4, 0.5) is 0 Å². The van der Waals surface area contributed by atoms with Gasteiger partial charge in [-0.3, -0.25) is 4.90 Å². The van der Waals surface area contributed by atoms with E-state index in [4.69, 9.17) is 0 Å². The second kappa shape index (κ2) is 32.7. The van der Waals surface area contributed by atoms with Crippen LogP contribution in [-0.2, 0) is 0 Å². The third kappa shape index (κ3) is 31.0. The van der Waals surface area contributed by atoms with Crippen LogP contribution in [0.25, 0.3) is 0 Å². The monoisotopic (exact) mass is 572 g/mol. The third-order valence-electron chi connectivity index (χ3n) is 8.35. The summed E-state index contributed by atoms with van der Waals surface area (Å²) in [5, 5.41) is 21.3. The van der Waals surface area contributed by atoms with E-state index in [0.29, 0.717) is 13.1 Å². The van der Waals surface area contributed by atoms with Crippen LogP contribution in [0, 0.1) is 0 Å². The summed E-state index contributed by atoms with van der Waals surface area (Å²) in [4.78, 5) is 2.28.